The molecule has 3 nitrogen and oxygen atoms in total. The molecule has 9 aromatic carbocycles. The van der Waals surface area contributed by atoms with Gasteiger partial charge in [0.05, 0.1) is 16.5 Å². The van der Waals surface area contributed by atoms with E-state index >= 15 is 0 Å². The Kier molecular flexibility index (Phi) is 7.14. The minimum Gasteiger partial charge on any atom is -0.456 e. The topological polar surface area (TPSA) is 29.5 Å². The predicted octanol–water partition coefficient (Wildman–Crippen LogP) is 15.0. The number of nitrogens with zero attached hydrogens (tertiary/aromatic N) is 1. The summed E-state index contributed by atoms with van der Waals surface area (Å²) in [4.78, 5) is 2.43. The molecule has 0 fully saturated rings. The molecule has 0 radical (unpaired) electrons. The summed E-state index contributed by atoms with van der Waals surface area (Å²) in [5, 5.41) is 4.10. The van der Waals surface area contributed by atoms with Crippen molar-refractivity contribution in [1.82, 2.24) is 0 Å². The number of benzene rings is 9. The zero-order valence-corrected chi connectivity index (χ0v) is 31.5. The Labute approximate surface area is 335 Å². The van der Waals surface area contributed by atoms with E-state index in [0.717, 1.165) is 72.1 Å². The van der Waals surface area contributed by atoms with E-state index in [4.69, 9.17) is 8.83 Å². The molecule has 12 rings (SSSR count). The number of hydrogen-bond donors (Lipinski definition) is 0. The molecule has 1 aliphatic rings. The van der Waals surface area contributed by atoms with Crippen LogP contribution in [0.4, 0.5) is 17.1 Å². The van der Waals surface area contributed by atoms with E-state index < -0.39 is 5.41 Å². The first-order chi connectivity index (χ1) is 28.8. The fourth-order valence-electron chi connectivity index (χ4n) is 9.74. The third-order valence-corrected chi connectivity index (χ3v) is 12.1. The highest BCUT2D eigenvalue weighted by atomic mass is 16.3. The van der Waals surface area contributed by atoms with Crippen molar-refractivity contribution >= 4 is 60.9 Å². The van der Waals surface area contributed by atoms with Crippen LogP contribution in [0.15, 0.2) is 221 Å². The largest absolute Gasteiger partial charge is 0.456 e. The molecule has 1 aliphatic carbocycles. The predicted molar refractivity (Wildman–Crippen MR) is 238 cm³/mol. The quantitative estimate of drug-likeness (QED) is 0.170. The smallest absolute Gasteiger partial charge is 0.160 e. The van der Waals surface area contributed by atoms with Crippen molar-refractivity contribution in [3.63, 3.8) is 0 Å². The van der Waals surface area contributed by atoms with Gasteiger partial charge in [-0.2, -0.15) is 0 Å². The van der Waals surface area contributed by atoms with Gasteiger partial charge < -0.3 is 13.7 Å². The van der Waals surface area contributed by atoms with Crippen molar-refractivity contribution in [2.45, 2.75) is 5.41 Å². The van der Waals surface area contributed by atoms with Crippen molar-refractivity contribution in [3.05, 3.63) is 235 Å². The molecule has 0 aliphatic heterocycles. The SMILES string of the molecule is c1ccc(-c2ccccc2N(c2ccc3c(c2)C(c2ccccc2)(c2ccccc2)c2ccccc2-3)c2c3oc4ccccc4c3cc3oc4ccccc4c23)cc1. The number of furan rings is 2. The lowest BCUT2D eigenvalue weighted by Gasteiger charge is -2.35. The molecule has 11 aromatic rings. The van der Waals surface area contributed by atoms with Crippen LogP contribution in [0, 0.1) is 0 Å². The van der Waals surface area contributed by atoms with E-state index in [2.05, 4.69) is 205 Å². The van der Waals surface area contributed by atoms with Crippen LogP contribution in [0.5, 0.6) is 0 Å². The van der Waals surface area contributed by atoms with Crippen molar-refractivity contribution in [1.29, 1.82) is 0 Å². The van der Waals surface area contributed by atoms with Crippen molar-refractivity contribution in [3.8, 4) is 22.3 Å². The summed E-state index contributed by atoms with van der Waals surface area (Å²) in [5.41, 5.74) is 15.4. The summed E-state index contributed by atoms with van der Waals surface area (Å²) in [6, 6.07) is 76.2. The molecule has 3 heteroatoms. The van der Waals surface area contributed by atoms with Crippen LogP contribution in [0.2, 0.25) is 0 Å². The molecule has 272 valence electrons. The monoisotopic (exact) mass is 741 g/mol. The van der Waals surface area contributed by atoms with Gasteiger partial charge in [-0.15, -0.1) is 0 Å². The lowest BCUT2D eigenvalue weighted by molar-refractivity contribution is 0.664. The van der Waals surface area contributed by atoms with Crippen LogP contribution in [0.3, 0.4) is 0 Å². The Hall–Kier alpha value is -7.62. The van der Waals surface area contributed by atoms with Gasteiger partial charge in [0.25, 0.3) is 0 Å². The molecule has 2 aromatic heterocycles. The van der Waals surface area contributed by atoms with Gasteiger partial charge >= 0.3 is 0 Å². The minimum atomic E-state index is -0.571. The van der Waals surface area contributed by atoms with Gasteiger partial charge in [-0.25, -0.2) is 0 Å². The first-order valence-corrected chi connectivity index (χ1v) is 19.8. The lowest BCUT2D eigenvalue weighted by Crippen LogP contribution is -2.28. The highest BCUT2D eigenvalue weighted by molar-refractivity contribution is 6.24. The van der Waals surface area contributed by atoms with E-state index in [1.807, 2.05) is 12.1 Å². The Morgan fingerprint density at radius 3 is 1.69 bits per heavy atom. The number of para-hydroxylation sites is 3. The van der Waals surface area contributed by atoms with Crippen LogP contribution in [0.1, 0.15) is 22.3 Å². The third-order valence-electron chi connectivity index (χ3n) is 12.1. The normalized spacial score (nSPS) is 13.0. The fraction of sp³-hybridized carbons (Fsp3) is 0.0182. The van der Waals surface area contributed by atoms with E-state index in [1.54, 1.807) is 0 Å². The number of anilines is 3. The second kappa shape index (κ2) is 12.7. The lowest BCUT2D eigenvalue weighted by atomic mass is 9.67. The number of hydrogen-bond acceptors (Lipinski definition) is 3. The van der Waals surface area contributed by atoms with Crippen molar-refractivity contribution in [2.24, 2.45) is 0 Å². The van der Waals surface area contributed by atoms with Gasteiger partial charge in [-0.1, -0.05) is 176 Å². The van der Waals surface area contributed by atoms with E-state index in [0.29, 0.717) is 0 Å². The summed E-state index contributed by atoms with van der Waals surface area (Å²) in [5.74, 6) is 0. The van der Waals surface area contributed by atoms with Crippen LogP contribution in [-0.4, -0.2) is 0 Å². The molecule has 58 heavy (non-hydrogen) atoms. The Morgan fingerprint density at radius 1 is 0.379 bits per heavy atom. The molecule has 0 spiro atoms. The summed E-state index contributed by atoms with van der Waals surface area (Å²) in [6.45, 7) is 0. The van der Waals surface area contributed by atoms with E-state index in [-0.39, 0.29) is 0 Å². The molecule has 0 amide bonds. The molecule has 0 saturated heterocycles. The molecular weight excluding hydrogens is 707 g/mol. The molecule has 2 heterocycles. The molecule has 0 bridgehead atoms. The number of fused-ring (bicyclic) bond motifs is 9. The van der Waals surface area contributed by atoms with Crippen LogP contribution in [-0.2, 0) is 5.41 Å². The minimum absolute atomic E-state index is 0.571. The second-order valence-corrected chi connectivity index (χ2v) is 15.1. The summed E-state index contributed by atoms with van der Waals surface area (Å²) < 4.78 is 13.8. The first kappa shape index (κ1) is 32.6. The van der Waals surface area contributed by atoms with Crippen LogP contribution < -0.4 is 4.90 Å². The van der Waals surface area contributed by atoms with Gasteiger partial charge in [0, 0.05) is 27.4 Å². The zero-order valence-electron chi connectivity index (χ0n) is 31.5. The summed E-state index contributed by atoms with van der Waals surface area (Å²) in [6.07, 6.45) is 0. The zero-order chi connectivity index (χ0) is 38.2. The molecule has 0 unspecified atom stereocenters. The molecular formula is C55H35NO2. The van der Waals surface area contributed by atoms with E-state index in [1.165, 1.54) is 33.4 Å². The molecule has 0 N–H and O–H groups in total. The summed E-state index contributed by atoms with van der Waals surface area (Å²) in [7, 11) is 0. The van der Waals surface area contributed by atoms with Gasteiger partial charge in [-0.05, 0) is 75.3 Å². The van der Waals surface area contributed by atoms with Gasteiger partial charge in [0.2, 0.25) is 0 Å². The molecule has 0 atom stereocenters. The second-order valence-electron chi connectivity index (χ2n) is 15.1. The Bertz CT molecular complexity index is 3300. The first-order valence-electron chi connectivity index (χ1n) is 19.8. The Morgan fingerprint density at radius 2 is 0.948 bits per heavy atom. The van der Waals surface area contributed by atoms with Crippen molar-refractivity contribution < 1.29 is 8.83 Å². The van der Waals surface area contributed by atoms with Gasteiger partial charge in [0.1, 0.15) is 22.4 Å². The standard InChI is InChI=1S/C55H35NO2/c1-4-18-36(19-5-1)40-24-11-15-29-48(40)56(53-52-44-27-13-17-31-50(44)57-51(52)35-45-43-26-12-16-30-49(43)58-54(45)53)39-32-33-42-41-25-10-14-28-46(41)55(47(42)34-39,37-20-6-2-7-21-37)38-22-8-3-9-23-38/h1-35H. The Balaban J connectivity index is 1.25. The van der Waals surface area contributed by atoms with Crippen molar-refractivity contribution in [2.75, 3.05) is 4.90 Å². The maximum Gasteiger partial charge on any atom is 0.160 e. The van der Waals surface area contributed by atoms with Crippen LogP contribution >= 0.6 is 0 Å². The maximum atomic E-state index is 7.02. The average molecular weight is 742 g/mol. The van der Waals surface area contributed by atoms with E-state index in [9.17, 15) is 0 Å². The fourth-order valence-corrected chi connectivity index (χ4v) is 9.74. The maximum absolute atomic E-state index is 7.02. The molecule has 0 saturated carbocycles. The highest BCUT2D eigenvalue weighted by Gasteiger charge is 2.46. The third kappa shape index (κ3) is 4.62. The van der Waals surface area contributed by atoms with Gasteiger partial charge in [-0.3, -0.25) is 0 Å². The summed E-state index contributed by atoms with van der Waals surface area (Å²) >= 11 is 0. The number of rotatable bonds is 6. The van der Waals surface area contributed by atoms with Crippen LogP contribution in [0.25, 0.3) is 66.1 Å². The average Bonchev–Trinajstić information content (AvgIpc) is 3.95. The highest BCUT2D eigenvalue weighted by Crippen LogP contribution is 2.58. The van der Waals surface area contributed by atoms with Gasteiger partial charge in [0.15, 0.2) is 5.58 Å².